The minimum absolute atomic E-state index is 0.136. The number of rotatable bonds is 26. The fraction of sp³-hybridized carbons (Fsp3) is 0.969. The molecular weight excluding hydrogens is 512 g/mol. The van der Waals surface area contributed by atoms with Crippen molar-refractivity contribution in [2.75, 3.05) is 6.61 Å². The maximum absolute atomic E-state index is 12.0. The van der Waals surface area contributed by atoms with E-state index in [4.69, 9.17) is 9.47 Å². The van der Waals surface area contributed by atoms with E-state index in [1.807, 2.05) is 6.92 Å². The van der Waals surface area contributed by atoms with Crippen LogP contribution in [0.4, 0.5) is 0 Å². The van der Waals surface area contributed by atoms with Crippen molar-refractivity contribution in [1.29, 1.82) is 0 Å². The molecule has 1 saturated heterocycles. The van der Waals surface area contributed by atoms with Crippen molar-refractivity contribution in [2.45, 2.75) is 191 Å². The molecule has 6 atom stereocenters. The third-order valence-corrected chi connectivity index (χ3v) is 8.10. The normalized spacial score (nSPS) is 23.8. The molecule has 1 rings (SSSR count). The molecule has 0 saturated carbocycles. The van der Waals surface area contributed by atoms with E-state index in [0.717, 1.165) is 19.3 Å². The summed E-state index contributed by atoms with van der Waals surface area (Å²) < 4.78 is 10.3. The lowest BCUT2D eigenvalue weighted by Gasteiger charge is -2.39. The first-order chi connectivity index (χ1) is 19.4. The van der Waals surface area contributed by atoms with Crippen LogP contribution in [0.2, 0.25) is 0 Å². The summed E-state index contributed by atoms with van der Waals surface area (Å²) in [4.78, 5) is 12.0. The van der Waals surface area contributed by atoms with Gasteiger partial charge in [0.05, 0.1) is 12.7 Å². The molecule has 8 nitrogen and oxygen atoms in total. The SMILES string of the molecule is CC(O)CCCCCCCCCCCCCCCCCCCCCCCC(=O)O[C@H]1OC(CO)[C@@H](O)[C@@H](O)C1O. The molecule has 3 unspecified atom stereocenters. The van der Waals surface area contributed by atoms with E-state index in [0.29, 0.717) is 6.42 Å². The van der Waals surface area contributed by atoms with E-state index in [1.54, 1.807) is 0 Å². The van der Waals surface area contributed by atoms with Crippen LogP contribution in [0.15, 0.2) is 0 Å². The Labute approximate surface area is 243 Å². The van der Waals surface area contributed by atoms with E-state index in [-0.39, 0.29) is 12.5 Å². The van der Waals surface area contributed by atoms with E-state index in [1.165, 1.54) is 116 Å². The zero-order valence-electron chi connectivity index (χ0n) is 25.4. The first kappa shape index (κ1) is 37.3. The number of hydrogen-bond acceptors (Lipinski definition) is 8. The molecule has 40 heavy (non-hydrogen) atoms. The molecule has 0 radical (unpaired) electrons. The van der Waals surface area contributed by atoms with Gasteiger partial charge in [-0.15, -0.1) is 0 Å². The maximum Gasteiger partial charge on any atom is 0.308 e. The Morgan fingerprint density at radius 2 is 1.00 bits per heavy atom. The molecule has 238 valence electrons. The molecule has 0 aromatic carbocycles. The number of hydrogen-bond donors (Lipinski definition) is 5. The second kappa shape index (κ2) is 24.8. The van der Waals surface area contributed by atoms with Crippen molar-refractivity contribution in [3.8, 4) is 0 Å². The Bertz CT molecular complexity index is 585. The summed E-state index contributed by atoms with van der Waals surface area (Å²) in [5, 5.41) is 47.9. The smallest absolute Gasteiger partial charge is 0.308 e. The molecule has 8 heteroatoms. The number of carbonyl (C=O) groups is 1. The highest BCUT2D eigenvalue weighted by atomic mass is 16.7. The highest BCUT2D eigenvalue weighted by Gasteiger charge is 2.45. The number of carbonyl (C=O) groups excluding carboxylic acids is 1. The van der Waals surface area contributed by atoms with Crippen LogP contribution < -0.4 is 0 Å². The average molecular weight is 575 g/mol. The lowest BCUT2D eigenvalue weighted by Crippen LogP contribution is -2.59. The summed E-state index contributed by atoms with van der Waals surface area (Å²) in [5.41, 5.74) is 0. The highest BCUT2D eigenvalue weighted by molar-refractivity contribution is 5.69. The molecule has 0 aromatic rings. The summed E-state index contributed by atoms with van der Waals surface area (Å²) in [7, 11) is 0. The van der Waals surface area contributed by atoms with Gasteiger partial charge >= 0.3 is 5.97 Å². The summed E-state index contributed by atoms with van der Waals surface area (Å²) in [6, 6.07) is 0. The van der Waals surface area contributed by atoms with Gasteiger partial charge < -0.3 is 35.0 Å². The topological polar surface area (TPSA) is 137 Å². The Hall–Kier alpha value is -0.770. The first-order valence-corrected chi connectivity index (χ1v) is 16.5. The molecule has 1 aliphatic rings. The molecule has 1 heterocycles. The molecule has 0 spiro atoms. The third-order valence-electron chi connectivity index (χ3n) is 8.10. The molecule has 1 fully saturated rings. The molecule has 0 aliphatic carbocycles. The van der Waals surface area contributed by atoms with Crippen LogP contribution in [-0.4, -0.2) is 74.9 Å². The summed E-state index contributed by atoms with van der Waals surface area (Å²) >= 11 is 0. The molecular formula is C32H62O8. The van der Waals surface area contributed by atoms with Gasteiger partial charge in [-0.1, -0.05) is 128 Å². The zero-order valence-corrected chi connectivity index (χ0v) is 25.4. The second-order valence-electron chi connectivity index (χ2n) is 12.0. The van der Waals surface area contributed by atoms with Gasteiger partial charge in [-0.2, -0.15) is 0 Å². The monoisotopic (exact) mass is 574 g/mol. The number of aliphatic hydroxyl groups excluding tert-OH is 5. The van der Waals surface area contributed by atoms with Crippen molar-refractivity contribution >= 4 is 5.97 Å². The lowest BCUT2D eigenvalue weighted by atomic mass is 9.99. The molecule has 0 amide bonds. The van der Waals surface area contributed by atoms with Crippen LogP contribution in [0.5, 0.6) is 0 Å². The van der Waals surface area contributed by atoms with Crippen LogP contribution in [-0.2, 0) is 14.3 Å². The molecule has 1 aliphatic heterocycles. The minimum atomic E-state index is -1.55. The molecule has 0 bridgehead atoms. The van der Waals surface area contributed by atoms with Crippen LogP contribution >= 0.6 is 0 Å². The number of esters is 1. The van der Waals surface area contributed by atoms with Crippen molar-refractivity contribution in [3.63, 3.8) is 0 Å². The van der Waals surface area contributed by atoms with Crippen LogP contribution in [0, 0.1) is 0 Å². The fourth-order valence-electron chi connectivity index (χ4n) is 5.42. The first-order valence-electron chi connectivity index (χ1n) is 16.5. The van der Waals surface area contributed by atoms with Gasteiger partial charge in [0.25, 0.3) is 0 Å². The maximum atomic E-state index is 12.0. The number of aliphatic hydroxyl groups is 5. The van der Waals surface area contributed by atoms with Gasteiger partial charge in [0.1, 0.15) is 24.4 Å². The summed E-state index contributed by atoms with van der Waals surface area (Å²) in [5.74, 6) is -0.517. The van der Waals surface area contributed by atoms with E-state index in [9.17, 15) is 30.3 Å². The molecule has 5 N–H and O–H groups in total. The highest BCUT2D eigenvalue weighted by Crippen LogP contribution is 2.23. The second-order valence-corrected chi connectivity index (χ2v) is 12.0. The van der Waals surface area contributed by atoms with Crippen molar-refractivity contribution in [3.05, 3.63) is 0 Å². The van der Waals surface area contributed by atoms with Gasteiger partial charge in [0.15, 0.2) is 0 Å². The predicted molar refractivity (Wildman–Crippen MR) is 158 cm³/mol. The number of unbranched alkanes of at least 4 members (excludes halogenated alkanes) is 20. The Morgan fingerprint density at radius 3 is 1.38 bits per heavy atom. The van der Waals surface area contributed by atoms with Crippen LogP contribution in [0.25, 0.3) is 0 Å². The standard InChI is InChI=1S/C32H62O8/c1-26(34)23-21-19-17-15-13-11-9-7-5-3-2-4-6-8-10-12-14-16-18-20-22-24-28(35)40-32-31(38)30(37)29(36)27(25-33)39-32/h26-27,29-34,36-38H,2-25H2,1H3/t26?,27?,29-,30-,31?,32-/m1/s1. The zero-order chi connectivity index (χ0) is 29.4. The van der Waals surface area contributed by atoms with Crippen LogP contribution in [0.3, 0.4) is 0 Å². The fourth-order valence-corrected chi connectivity index (χ4v) is 5.42. The van der Waals surface area contributed by atoms with E-state index in [2.05, 4.69) is 0 Å². The van der Waals surface area contributed by atoms with E-state index >= 15 is 0 Å². The summed E-state index contributed by atoms with van der Waals surface area (Å²) in [6.07, 6.45) is 20.6. The van der Waals surface area contributed by atoms with Gasteiger partial charge in [0.2, 0.25) is 6.29 Å². The minimum Gasteiger partial charge on any atom is -0.433 e. The lowest BCUT2D eigenvalue weighted by molar-refractivity contribution is -0.292. The van der Waals surface area contributed by atoms with Crippen LogP contribution in [0.1, 0.15) is 155 Å². The van der Waals surface area contributed by atoms with Crippen molar-refractivity contribution < 1.29 is 39.8 Å². The van der Waals surface area contributed by atoms with Gasteiger partial charge in [0, 0.05) is 6.42 Å². The third kappa shape index (κ3) is 18.6. The van der Waals surface area contributed by atoms with Crippen molar-refractivity contribution in [1.82, 2.24) is 0 Å². The van der Waals surface area contributed by atoms with Gasteiger partial charge in [-0.05, 0) is 19.8 Å². The largest absolute Gasteiger partial charge is 0.433 e. The summed E-state index contributed by atoms with van der Waals surface area (Å²) in [6.45, 7) is 1.33. The van der Waals surface area contributed by atoms with Crippen molar-refractivity contribution in [2.24, 2.45) is 0 Å². The average Bonchev–Trinajstić information content (AvgIpc) is 2.93. The Morgan fingerprint density at radius 1 is 0.625 bits per heavy atom. The quantitative estimate of drug-likeness (QED) is 0.0657. The number of ether oxygens (including phenoxy) is 2. The Balaban J connectivity index is 1.80. The molecule has 0 aromatic heterocycles. The Kier molecular flexibility index (Phi) is 23.1. The van der Waals surface area contributed by atoms with Gasteiger partial charge in [-0.25, -0.2) is 0 Å². The van der Waals surface area contributed by atoms with Gasteiger partial charge in [-0.3, -0.25) is 4.79 Å². The van der Waals surface area contributed by atoms with E-state index < -0.39 is 43.3 Å². The predicted octanol–water partition coefficient (Wildman–Crippen LogP) is 5.68.